The zero-order chi connectivity index (χ0) is 9.84. The maximum absolute atomic E-state index is 12.8. The van der Waals surface area contributed by atoms with Gasteiger partial charge < -0.3 is 0 Å². The van der Waals surface area contributed by atoms with E-state index in [2.05, 4.69) is 0 Å². The molecule has 0 amide bonds. The molecule has 0 unspecified atom stereocenters. The van der Waals surface area contributed by atoms with Crippen LogP contribution in [0.25, 0.3) is 0 Å². The third-order valence-electron chi connectivity index (χ3n) is 1.69. The van der Waals surface area contributed by atoms with E-state index in [9.17, 15) is 9.18 Å². The second-order valence-corrected chi connectivity index (χ2v) is 3.68. The van der Waals surface area contributed by atoms with E-state index < -0.39 is 0 Å². The van der Waals surface area contributed by atoms with Crippen LogP contribution in [0.1, 0.15) is 12.5 Å². The number of Topliss-reactive ketones (excluding diaryl/α,β-unsaturated/α-hetero) is 1. The van der Waals surface area contributed by atoms with Crippen molar-refractivity contribution in [3.05, 3.63) is 29.6 Å². The third kappa shape index (κ3) is 2.84. The molecule has 13 heavy (non-hydrogen) atoms. The molecule has 70 valence electrons. The Bertz CT molecular complexity index is 323. The van der Waals surface area contributed by atoms with E-state index in [1.54, 1.807) is 6.07 Å². The topological polar surface area (TPSA) is 17.1 Å². The van der Waals surface area contributed by atoms with Gasteiger partial charge in [-0.2, -0.15) is 0 Å². The molecular weight excluding hydrogens is 187 g/mol. The van der Waals surface area contributed by atoms with Crippen molar-refractivity contribution in [2.24, 2.45) is 0 Å². The first-order chi connectivity index (χ1) is 6.13. The third-order valence-corrected chi connectivity index (χ3v) is 2.51. The highest BCUT2D eigenvalue weighted by Crippen LogP contribution is 2.21. The number of rotatable bonds is 3. The summed E-state index contributed by atoms with van der Waals surface area (Å²) in [4.78, 5) is 11.7. The Kier molecular flexibility index (Phi) is 3.48. The summed E-state index contributed by atoms with van der Waals surface area (Å²) in [6, 6.07) is 4.52. The van der Waals surface area contributed by atoms with Crippen molar-refractivity contribution in [3.63, 3.8) is 0 Å². The molecule has 0 heterocycles. The Morgan fingerprint density at radius 3 is 2.77 bits per heavy atom. The lowest BCUT2D eigenvalue weighted by atomic mass is 10.1. The van der Waals surface area contributed by atoms with Crippen LogP contribution in [0.5, 0.6) is 0 Å². The Morgan fingerprint density at radius 2 is 2.23 bits per heavy atom. The Labute approximate surface area is 81.3 Å². The lowest BCUT2D eigenvalue weighted by molar-refractivity contribution is -0.116. The van der Waals surface area contributed by atoms with E-state index in [0.717, 1.165) is 10.5 Å². The number of hydrogen-bond donors (Lipinski definition) is 0. The van der Waals surface area contributed by atoms with Crippen molar-refractivity contribution >= 4 is 17.5 Å². The molecule has 1 nitrogen and oxygen atoms in total. The summed E-state index contributed by atoms with van der Waals surface area (Å²) in [5, 5.41) is 0. The summed E-state index contributed by atoms with van der Waals surface area (Å²) >= 11 is 1.46. The molecule has 0 aromatic heterocycles. The maximum atomic E-state index is 12.8. The lowest BCUT2D eigenvalue weighted by Crippen LogP contribution is -1.98. The van der Waals surface area contributed by atoms with Gasteiger partial charge in [-0.1, -0.05) is 6.07 Å². The average molecular weight is 198 g/mol. The van der Waals surface area contributed by atoms with Crippen LogP contribution in [0, 0.1) is 5.82 Å². The van der Waals surface area contributed by atoms with Gasteiger partial charge in [0.2, 0.25) is 0 Å². The zero-order valence-corrected chi connectivity index (χ0v) is 8.45. The number of halogens is 1. The van der Waals surface area contributed by atoms with Crippen LogP contribution in [0.4, 0.5) is 4.39 Å². The second-order valence-electron chi connectivity index (χ2n) is 2.83. The SMILES string of the molecule is CSc1cc(F)ccc1CC(C)=O. The van der Waals surface area contributed by atoms with E-state index >= 15 is 0 Å². The molecule has 0 aliphatic carbocycles. The number of carbonyl (C=O) groups excluding carboxylic acids is 1. The van der Waals surface area contributed by atoms with Gasteiger partial charge in [-0.3, -0.25) is 4.79 Å². The van der Waals surface area contributed by atoms with Crippen LogP contribution in [-0.2, 0) is 11.2 Å². The zero-order valence-electron chi connectivity index (χ0n) is 7.63. The largest absolute Gasteiger partial charge is 0.300 e. The number of carbonyl (C=O) groups is 1. The summed E-state index contributed by atoms with van der Waals surface area (Å²) < 4.78 is 12.8. The normalized spacial score (nSPS) is 10.1. The highest BCUT2D eigenvalue weighted by atomic mass is 32.2. The van der Waals surface area contributed by atoms with Crippen LogP contribution in [-0.4, -0.2) is 12.0 Å². The molecule has 0 bridgehead atoms. The number of hydrogen-bond acceptors (Lipinski definition) is 2. The molecule has 0 N–H and O–H groups in total. The van der Waals surface area contributed by atoms with Gasteiger partial charge in [0.25, 0.3) is 0 Å². The van der Waals surface area contributed by atoms with Crippen molar-refractivity contribution in [1.29, 1.82) is 0 Å². The Morgan fingerprint density at radius 1 is 1.54 bits per heavy atom. The van der Waals surface area contributed by atoms with E-state index in [1.165, 1.54) is 30.8 Å². The fourth-order valence-corrected chi connectivity index (χ4v) is 1.77. The molecular formula is C10H11FOS. The Hall–Kier alpha value is -0.830. The van der Waals surface area contributed by atoms with Crippen LogP contribution < -0.4 is 0 Å². The summed E-state index contributed by atoms with van der Waals surface area (Å²) in [6.45, 7) is 1.54. The fourth-order valence-electron chi connectivity index (χ4n) is 1.13. The minimum atomic E-state index is -0.253. The summed E-state index contributed by atoms with van der Waals surface area (Å²) in [5.74, 6) is -0.154. The second kappa shape index (κ2) is 4.42. The van der Waals surface area contributed by atoms with Crippen LogP contribution in [0.2, 0.25) is 0 Å². The first-order valence-electron chi connectivity index (χ1n) is 3.95. The van der Waals surface area contributed by atoms with Gasteiger partial charge >= 0.3 is 0 Å². The van der Waals surface area contributed by atoms with E-state index in [4.69, 9.17) is 0 Å². The molecule has 1 rings (SSSR count). The average Bonchev–Trinajstić information content (AvgIpc) is 2.07. The molecule has 0 saturated heterocycles. The van der Waals surface area contributed by atoms with Crippen molar-refractivity contribution in [3.8, 4) is 0 Å². The molecule has 0 radical (unpaired) electrons. The molecule has 1 aromatic carbocycles. The van der Waals surface area contributed by atoms with Gasteiger partial charge in [0, 0.05) is 11.3 Å². The molecule has 3 heteroatoms. The molecule has 0 fully saturated rings. The molecule has 1 aromatic rings. The van der Waals surface area contributed by atoms with Gasteiger partial charge in [-0.15, -0.1) is 11.8 Å². The van der Waals surface area contributed by atoms with Gasteiger partial charge in [-0.25, -0.2) is 4.39 Å². The van der Waals surface area contributed by atoms with Crippen LogP contribution >= 0.6 is 11.8 Å². The number of benzene rings is 1. The number of thioether (sulfide) groups is 1. The first-order valence-corrected chi connectivity index (χ1v) is 5.18. The maximum Gasteiger partial charge on any atom is 0.134 e. The summed E-state index contributed by atoms with van der Waals surface area (Å²) in [5.41, 5.74) is 0.904. The molecule has 0 aliphatic heterocycles. The summed E-state index contributed by atoms with van der Waals surface area (Å²) in [7, 11) is 0. The fraction of sp³-hybridized carbons (Fsp3) is 0.300. The predicted octanol–water partition coefficient (Wildman–Crippen LogP) is 2.68. The van der Waals surface area contributed by atoms with Crippen LogP contribution in [0.3, 0.4) is 0 Å². The molecule has 0 spiro atoms. The van der Waals surface area contributed by atoms with E-state index in [1.807, 2.05) is 6.26 Å². The first kappa shape index (κ1) is 10.3. The standard InChI is InChI=1S/C10H11FOS/c1-7(12)5-8-3-4-9(11)6-10(8)13-2/h3-4,6H,5H2,1-2H3. The van der Waals surface area contributed by atoms with Crippen LogP contribution in [0.15, 0.2) is 23.1 Å². The predicted molar refractivity (Wildman–Crippen MR) is 52.6 cm³/mol. The smallest absolute Gasteiger partial charge is 0.134 e. The van der Waals surface area contributed by atoms with Gasteiger partial charge in [0.05, 0.1) is 0 Å². The molecule has 0 saturated carbocycles. The highest BCUT2D eigenvalue weighted by molar-refractivity contribution is 7.98. The number of ketones is 1. The minimum absolute atomic E-state index is 0.0990. The quantitative estimate of drug-likeness (QED) is 0.694. The molecule has 0 aliphatic rings. The minimum Gasteiger partial charge on any atom is -0.300 e. The van der Waals surface area contributed by atoms with Crippen molar-refractivity contribution in [2.75, 3.05) is 6.26 Å². The Balaban J connectivity index is 2.99. The van der Waals surface area contributed by atoms with Gasteiger partial charge in [-0.05, 0) is 30.9 Å². The highest BCUT2D eigenvalue weighted by Gasteiger charge is 2.04. The summed E-state index contributed by atoms with van der Waals surface area (Å²) in [6.07, 6.45) is 2.26. The van der Waals surface area contributed by atoms with Crippen molar-refractivity contribution in [2.45, 2.75) is 18.2 Å². The molecule has 0 atom stereocenters. The van der Waals surface area contributed by atoms with E-state index in [-0.39, 0.29) is 11.6 Å². The monoisotopic (exact) mass is 198 g/mol. The van der Waals surface area contributed by atoms with Gasteiger partial charge in [0.1, 0.15) is 11.6 Å². The lowest BCUT2D eigenvalue weighted by Gasteiger charge is -2.04. The van der Waals surface area contributed by atoms with Crippen molar-refractivity contribution in [1.82, 2.24) is 0 Å². The van der Waals surface area contributed by atoms with E-state index in [0.29, 0.717) is 6.42 Å². The van der Waals surface area contributed by atoms with Gasteiger partial charge in [0.15, 0.2) is 0 Å². The van der Waals surface area contributed by atoms with Crippen molar-refractivity contribution < 1.29 is 9.18 Å².